The fraction of sp³-hybridized carbons (Fsp3) is 0.278. The summed E-state index contributed by atoms with van der Waals surface area (Å²) < 4.78 is 46.2. The zero-order valence-electron chi connectivity index (χ0n) is 13.8. The minimum absolute atomic E-state index is 0.282. The molecule has 0 aliphatic carbocycles. The van der Waals surface area contributed by atoms with E-state index in [1.807, 2.05) is 25.1 Å². The van der Waals surface area contributed by atoms with Crippen LogP contribution >= 0.6 is 0 Å². The molecule has 0 radical (unpaired) electrons. The van der Waals surface area contributed by atoms with Gasteiger partial charge in [-0.05, 0) is 56.6 Å². The SMILES string of the molecule is [C-]#[N+]Cc1ccc(Oc2ccc(OC(F)(F)F)cc2)c(CN(C)C)c1. The summed E-state index contributed by atoms with van der Waals surface area (Å²) >= 11 is 0. The zero-order valence-corrected chi connectivity index (χ0v) is 13.8. The number of hydrogen-bond acceptors (Lipinski definition) is 3. The molecule has 0 amide bonds. The largest absolute Gasteiger partial charge is 0.573 e. The van der Waals surface area contributed by atoms with Gasteiger partial charge in [0.25, 0.3) is 0 Å². The molecule has 0 spiro atoms. The average molecular weight is 350 g/mol. The first-order valence-electron chi connectivity index (χ1n) is 7.40. The summed E-state index contributed by atoms with van der Waals surface area (Å²) in [7, 11) is 3.82. The lowest BCUT2D eigenvalue weighted by Crippen LogP contribution is -2.16. The Balaban J connectivity index is 2.19. The van der Waals surface area contributed by atoms with Crippen molar-refractivity contribution in [2.24, 2.45) is 0 Å². The topological polar surface area (TPSA) is 26.1 Å². The molecule has 2 aromatic rings. The maximum Gasteiger partial charge on any atom is 0.573 e. The summed E-state index contributed by atoms with van der Waals surface area (Å²) in [5, 5.41) is 0. The molecule has 0 fully saturated rings. The van der Waals surface area contributed by atoms with Crippen LogP contribution in [0.2, 0.25) is 0 Å². The van der Waals surface area contributed by atoms with E-state index in [1.165, 1.54) is 24.3 Å². The third-order valence-electron chi connectivity index (χ3n) is 3.16. The Kier molecular flexibility index (Phi) is 5.88. The number of nitrogens with zero attached hydrogens (tertiary/aromatic N) is 2. The fourth-order valence-corrected chi connectivity index (χ4v) is 2.22. The van der Waals surface area contributed by atoms with Crippen LogP contribution in [0.15, 0.2) is 42.5 Å². The van der Waals surface area contributed by atoms with Gasteiger partial charge >= 0.3 is 6.36 Å². The number of ether oxygens (including phenoxy) is 2. The first-order chi connectivity index (χ1) is 11.8. The molecule has 2 rings (SSSR count). The molecule has 4 nitrogen and oxygen atoms in total. The Morgan fingerprint density at radius 3 is 2.24 bits per heavy atom. The monoisotopic (exact) mass is 350 g/mol. The highest BCUT2D eigenvalue weighted by atomic mass is 19.4. The van der Waals surface area contributed by atoms with Crippen LogP contribution in [0.4, 0.5) is 13.2 Å². The number of alkyl halides is 3. The van der Waals surface area contributed by atoms with Gasteiger partial charge in [-0.3, -0.25) is 0 Å². The normalized spacial score (nSPS) is 11.2. The summed E-state index contributed by atoms with van der Waals surface area (Å²) in [6.07, 6.45) is -4.72. The fourth-order valence-electron chi connectivity index (χ4n) is 2.22. The van der Waals surface area contributed by atoms with E-state index in [1.54, 1.807) is 12.1 Å². The number of halogens is 3. The van der Waals surface area contributed by atoms with Crippen molar-refractivity contribution >= 4 is 0 Å². The van der Waals surface area contributed by atoms with Crippen molar-refractivity contribution in [2.75, 3.05) is 14.1 Å². The summed E-state index contributed by atoms with van der Waals surface area (Å²) in [6.45, 7) is 7.85. The number of benzene rings is 2. The lowest BCUT2D eigenvalue weighted by atomic mass is 10.1. The standard InChI is InChI=1S/C18H17F3N2O2/c1-22-11-13-4-9-17(14(10-13)12-23(2)3)24-15-5-7-16(8-6-15)25-18(19,20)21/h4-10H,11-12H2,2-3H3. The maximum atomic E-state index is 12.2. The Morgan fingerprint density at radius 1 is 1.04 bits per heavy atom. The molecule has 0 atom stereocenters. The molecule has 25 heavy (non-hydrogen) atoms. The van der Waals surface area contributed by atoms with Crippen LogP contribution in [-0.4, -0.2) is 25.4 Å². The second-order valence-corrected chi connectivity index (χ2v) is 5.62. The molecule has 0 saturated carbocycles. The molecular weight excluding hydrogens is 333 g/mol. The Labute approximate surface area is 144 Å². The van der Waals surface area contributed by atoms with Crippen LogP contribution in [0.25, 0.3) is 4.85 Å². The van der Waals surface area contributed by atoms with Crippen LogP contribution in [-0.2, 0) is 13.1 Å². The van der Waals surface area contributed by atoms with E-state index in [0.717, 1.165) is 11.1 Å². The highest BCUT2D eigenvalue weighted by Gasteiger charge is 2.31. The van der Waals surface area contributed by atoms with Gasteiger partial charge in [-0.15, -0.1) is 13.2 Å². The van der Waals surface area contributed by atoms with Gasteiger partial charge < -0.3 is 19.2 Å². The Bertz CT molecular complexity index is 750. The second kappa shape index (κ2) is 7.90. The predicted octanol–water partition coefficient (Wildman–Crippen LogP) is 4.86. The van der Waals surface area contributed by atoms with Crippen molar-refractivity contribution in [3.05, 3.63) is 65.0 Å². The van der Waals surface area contributed by atoms with Gasteiger partial charge in [-0.2, -0.15) is 0 Å². The minimum atomic E-state index is -4.72. The maximum absolute atomic E-state index is 12.2. The molecule has 0 aliphatic heterocycles. The van der Waals surface area contributed by atoms with Gasteiger partial charge in [-0.1, -0.05) is 0 Å². The van der Waals surface area contributed by atoms with Crippen molar-refractivity contribution in [1.82, 2.24) is 4.90 Å². The van der Waals surface area contributed by atoms with Gasteiger partial charge in [0.2, 0.25) is 6.54 Å². The van der Waals surface area contributed by atoms with Crippen LogP contribution in [0.3, 0.4) is 0 Å². The lowest BCUT2D eigenvalue weighted by molar-refractivity contribution is -0.274. The van der Waals surface area contributed by atoms with Gasteiger partial charge in [0.15, 0.2) is 0 Å². The molecule has 0 saturated heterocycles. The molecule has 0 N–H and O–H groups in total. The Hall–Kier alpha value is -2.72. The summed E-state index contributed by atoms with van der Waals surface area (Å²) in [5.41, 5.74) is 1.77. The molecule has 0 aliphatic rings. The van der Waals surface area contributed by atoms with Crippen molar-refractivity contribution < 1.29 is 22.6 Å². The third-order valence-corrected chi connectivity index (χ3v) is 3.16. The van der Waals surface area contributed by atoms with Crippen LogP contribution < -0.4 is 9.47 Å². The van der Waals surface area contributed by atoms with E-state index in [4.69, 9.17) is 11.3 Å². The molecular formula is C18H17F3N2O2. The van der Waals surface area contributed by atoms with Crippen molar-refractivity contribution in [3.8, 4) is 17.2 Å². The van der Waals surface area contributed by atoms with E-state index in [9.17, 15) is 13.2 Å². The van der Waals surface area contributed by atoms with Crippen molar-refractivity contribution in [1.29, 1.82) is 0 Å². The van der Waals surface area contributed by atoms with Crippen molar-refractivity contribution in [3.63, 3.8) is 0 Å². The number of rotatable bonds is 6. The van der Waals surface area contributed by atoms with Crippen molar-refractivity contribution in [2.45, 2.75) is 19.5 Å². The highest BCUT2D eigenvalue weighted by molar-refractivity contribution is 5.42. The summed E-state index contributed by atoms with van der Waals surface area (Å²) in [6, 6.07) is 10.7. The molecule has 0 unspecified atom stereocenters. The quantitative estimate of drug-likeness (QED) is 0.696. The second-order valence-electron chi connectivity index (χ2n) is 5.62. The third kappa shape index (κ3) is 6.01. The molecule has 7 heteroatoms. The molecule has 2 aromatic carbocycles. The van der Waals surface area contributed by atoms with Gasteiger partial charge in [0.05, 0.1) is 0 Å². The van der Waals surface area contributed by atoms with E-state index in [0.29, 0.717) is 18.0 Å². The molecule has 0 heterocycles. The smallest absolute Gasteiger partial charge is 0.457 e. The molecule has 132 valence electrons. The first-order valence-corrected chi connectivity index (χ1v) is 7.40. The predicted molar refractivity (Wildman–Crippen MR) is 87.3 cm³/mol. The average Bonchev–Trinajstić information content (AvgIpc) is 2.50. The van der Waals surface area contributed by atoms with E-state index >= 15 is 0 Å². The Morgan fingerprint density at radius 2 is 1.68 bits per heavy atom. The zero-order chi connectivity index (χ0) is 18.4. The number of hydrogen-bond donors (Lipinski definition) is 0. The van der Waals surface area contributed by atoms with Crippen LogP contribution in [0.5, 0.6) is 17.2 Å². The van der Waals surface area contributed by atoms with Crippen LogP contribution in [0, 0.1) is 6.57 Å². The summed E-state index contributed by atoms with van der Waals surface area (Å²) in [5.74, 6) is 0.681. The molecule has 0 bridgehead atoms. The van der Waals surface area contributed by atoms with Crippen LogP contribution in [0.1, 0.15) is 11.1 Å². The lowest BCUT2D eigenvalue weighted by Gasteiger charge is -2.16. The van der Waals surface area contributed by atoms with E-state index < -0.39 is 6.36 Å². The van der Waals surface area contributed by atoms with Gasteiger partial charge in [0, 0.05) is 17.7 Å². The molecule has 0 aromatic heterocycles. The van der Waals surface area contributed by atoms with E-state index in [2.05, 4.69) is 9.58 Å². The van der Waals surface area contributed by atoms with Gasteiger partial charge in [0.1, 0.15) is 17.2 Å². The minimum Gasteiger partial charge on any atom is -0.457 e. The van der Waals surface area contributed by atoms with E-state index in [-0.39, 0.29) is 12.3 Å². The summed E-state index contributed by atoms with van der Waals surface area (Å²) in [4.78, 5) is 5.33. The highest BCUT2D eigenvalue weighted by Crippen LogP contribution is 2.30. The first kappa shape index (κ1) is 18.6. The van der Waals surface area contributed by atoms with Gasteiger partial charge in [-0.25, -0.2) is 6.57 Å².